The molecule has 3 aliphatic carbocycles. The molecular weight excluding hydrogens is 1640 g/mol. The van der Waals surface area contributed by atoms with Crippen LogP contribution in [0.4, 0.5) is 105 Å². The first-order valence-corrected chi connectivity index (χ1v) is 40.8. The number of carbonyl (C=O) groups is 3. The minimum absolute atomic E-state index is 0.292. The normalized spacial score (nSPS) is 17.2. The van der Waals surface area contributed by atoms with Gasteiger partial charge in [-0.05, 0) is 114 Å². The van der Waals surface area contributed by atoms with E-state index in [1.165, 1.54) is 6.42 Å². The minimum Gasteiger partial charge on any atom is -0.487 e. The zero-order valence-electron chi connectivity index (χ0n) is 67.2. The van der Waals surface area contributed by atoms with Crippen LogP contribution in [-0.2, 0) is 14.4 Å². The Bertz CT molecular complexity index is 4340. The summed E-state index contributed by atoms with van der Waals surface area (Å²) < 4.78 is 382. The Kier molecular flexibility index (Phi) is 38.3. The summed E-state index contributed by atoms with van der Waals surface area (Å²) in [6.07, 6.45) is 23.6. The number of carbonyl (C=O) groups excluding carboxylic acids is 3. The van der Waals surface area contributed by atoms with E-state index in [-0.39, 0.29) is 19.8 Å². The molecule has 0 radical (unpaired) electrons. The number of ether oxygens (including phenoxy) is 6. The molecule has 0 aromatic heterocycles. The smallest absolute Gasteiger partial charge is 0.314 e. The van der Waals surface area contributed by atoms with E-state index in [1.807, 2.05) is 27.7 Å². The van der Waals surface area contributed by atoms with Gasteiger partial charge in [-0.25, -0.2) is 52.7 Å². The predicted octanol–water partition coefficient (Wildman–Crippen LogP) is 28.0. The van der Waals surface area contributed by atoms with Crippen LogP contribution in [0.3, 0.4) is 0 Å². The van der Waals surface area contributed by atoms with Crippen LogP contribution >= 0.6 is 0 Å². The summed E-state index contributed by atoms with van der Waals surface area (Å²) >= 11 is 0. The van der Waals surface area contributed by atoms with Crippen molar-refractivity contribution >= 4 is 17.9 Å². The summed E-state index contributed by atoms with van der Waals surface area (Å²) in [4.78, 5) is 37.6. The van der Waals surface area contributed by atoms with Crippen LogP contribution in [0.2, 0.25) is 0 Å². The fraction of sp³-hybridized carbons (Fsp3) is 0.552. The first-order chi connectivity index (χ1) is 57.1. The molecule has 6 aromatic carbocycles. The molecule has 120 heavy (non-hydrogen) atoms. The highest BCUT2D eigenvalue weighted by molar-refractivity contribution is 5.79. The van der Waals surface area contributed by atoms with Crippen molar-refractivity contribution in [3.8, 4) is 67.9 Å². The standard InChI is InChI=1S/C31H36F8O3.C29H32F8O3.C27H28F8O3/c1-3-5-7-8-9-11-17-12-14-18(15-13-17)31(40)42-30-27(38)23(34)20(24(35)28(30)39)19-21(32)25(36)29(26(37)22(19)33)41-16-10-6-4-2;1-3-5-7-9-15-10-12-16(13-11-15)29(38)40-28-25(36)21(32)18(22(33)26(28)37)17-19(30)23(34)27(24(35)20(17)31)39-14-8-6-4-2;1-3-5-6-12-37-25-21(32)17(28)15(18(29)22(25)33)16-19(30)23(34)26(24(35)20(16)31)38-27(36)14-10-8-13(7-4-2)9-11-14/h17-18H,3-16H2,1-2H3;15-16H,3-14H2,1-2H3;13-14H,3-12H2,1-2H3. The number of rotatable bonds is 36. The molecule has 33 heteroatoms. The second-order valence-corrected chi connectivity index (χ2v) is 30.3. The Labute approximate surface area is 679 Å². The van der Waals surface area contributed by atoms with Crippen LogP contribution in [0.15, 0.2) is 0 Å². The van der Waals surface area contributed by atoms with Gasteiger partial charge in [-0.2, -0.15) is 52.7 Å². The van der Waals surface area contributed by atoms with Crippen molar-refractivity contribution in [1.82, 2.24) is 0 Å². The maximum atomic E-state index is 15.0. The van der Waals surface area contributed by atoms with Crippen molar-refractivity contribution < 1.29 is 148 Å². The summed E-state index contributed by atoms with van der Waals surface area (Å²) in [5.74, 6) is -68.9. The zero-order valence-corrected chi connectivity index (χ0v) is 67.2. The molecule has 0 spiro atoms. The van der Waals surface area contributed by atoms with Gasteiger partial charge in [-0.1, -0.05) is 157 Å². The maximum absolute atomic E-state index is 15.0. The van der Waals surface area contributed by atoms with Crippen molar-refractivity contribution in [3.05, 3.63) is 140 Å². The van der Waals surface area contributed by atoms with Crippen LogP contribution in [0.1, 0.15) is 253 Å². The molecule has 0 atom stereocenters. The fourth-order valence-electron chi connectivity index (χ4n) is 15.0. The Morgan fingerprint density at radius 2 is 0.383 bits per heavy atom. The highest BCUT2D eigenvalue weighted by atomic mass is 19.2. The molecule has 3 fully saturated rings. The summed E-state index contributed by atoms with van der Waals surface area (Å²) in [7, 11) is 0. The first-order valence-electron chi connectivity index (χ1n) is 40.8. The highest BCUT2D eigenvalue weighted by Crippen LogP contribution is 2.48. The number of unbranched alkanes of at least 4 members (excludes halogenated alkanes) is 12. The predicted molar refractivity (Wildman–Crippen MR) is 395 cm³/mol. The monoisotopic (exact) mass is 1740 g/mol. The van der Waals surface area contributed by atoms with Crippen LogP contribution in [0, 0.1) is 175 Å². The molecule has 0 saturated heterocycles. The molecule has 0 aliphatic heterocycles. The van der Waals surface area contributed by atoms with Crippen LogP contribution in [0.25, 0.3) is 33.4 Å². The summed E-state index contributed by atoms with van der Waals surface area (Å²) in [6.45, 7) is 10.7. The lowest BCUT2D eigenvalue weighted by molar-refractivity contribution is -0.141. The number of benzene rings is 6. The van der Waals surface area contributed by atoms with Crippen molar-refractivity contribution in [3.63, 3.8) is 0 Å². The van der Waals surface area contributed by atoms with Crippen LogP contribution in [-0.4, -0.2) is 37.7 Å². The molecule has 3 aliphatic rings. The lowest BCUT2D eigenvalue weighted by Crippen LogP contribution is -2.26. The van der Waals surface area contributed by atoms with Gasteiger partial charge in [0.05, 0.1) is 71.0 Å². The summed E-state index contributed by atoms with van der Waals surface area (Å²) in [5.41, 5.74) is -12.1. The summed E-state index contributed by atoms with van der Waals surface area (Å²) in [6, 6.07) is 0. The molecule has 9 nitrogen and oxygen atoms in total. The second kappa shape index (κ2) is 46.6. The van der Waals surface area contributed by atoms with E-state index in [4.69, 9.17) is 18.9 Å². The molecule has 3 saturated carbocycles. The molecule has 9 rings (SSSR count). The zero-order chi connectivity index (χ0) is 88.7. The van der Waals surface area contributed by atoms with E-state index in [0.717, 1.165) is 70.6 Å². The average molecular weight is 1740 g/mol. The first kappa shape index (κ1) is 98.6. The molecule has 0 amide bonds. The number of hydrogen-bond acceptors (Lipinski definition) is 9. The number of esters is 3. The number of halogens is 24. The molecule has 0 bridgehead atoms. The third-order valence-electron chi connectivity index (χ3n) is 21.8. The quantitative estimate of drug-likeness (QED) is 0.0125. The SMILES string of the molecule is CCCCCCCC1CCC(C(=O)Oc2c(F)c(F)c(-c3c(F)c(F)c(OCCCCC)c(F)c3F)c(F)c2F)CC1.CCCCCOc1c(F)c(F)c(-c2c(F)c(F)c(OC(=O)C3CCC(CCC)CC3)c(F)c2F)c(F)c1F.CCCCCOc1c(F)c(F)c(-c2c(F)c(F)c(OC(=O)C3CCC(CCCCC)CC3)c(F)c2F)c(F)c1F. The molecule has 0 unspecified atom stereocenters. The lowest BCUT2D eigenvalue weighted by Gasteiger charge is -2.27. The molecule has 0 heterocycles. The van der Waals surface area contributed by atoms with Gasteiger partial charge in [-0.3, -0.25) is 14.4 Å². The fourth-order valence-corrected chi connectivity index (χ4v) is 15.0. The Hall–Kier alpha value is -8.55. The van der Waals surface area contributed by atoms with E-state index >= 15 is 0 Å². The lowest BCUT2D eigenvalue weighted by atomic mass is 9.80. The molecule has 666 valence electrons. The average Bonchev–Trinajstić information content (AvgIpc) is 0.755. The Morgan fingerprint density at radius 3 is 0.592 bits per heavy atom. The van der Waals surface area contributed by atoms with Gasteiger partial charge >= 0.3 is 17.9 Å². The van der Waals surface area contributed by atoms with Crippen molar-refractivity contribution in [1.29, 1.82) is 0 Å². The third-order valence-corrected chi connectivity index (χ3v) is 21.8. The van der Waals surface area contributed by atoms with Crippen LogP contribution < -0.4 is 28.4 Å². The maximum Gasteiger partial charge on any atom is 0.314 e. The van der Waals surface area contributed by atoms with Gasteiger partial charge in [0.1, 0.15) is 0 Å². The largest absolute Gasteiger partial charge is 0.487 e. The highest BCUT2D eigenvalue weighted by Gasteiger charge is 2.42. The van der Waals surface area contributed by atoms with E-state index in [1.54, 1.807) is 0 Å². The molecule has 0 N–H and O–H groups in total. The van der Waals surface area contributed by atoms with Crippen molar-refractivity contribution in [2.24, 2.45) is 35.5 Å². The van der Waals surface area contributed by atoms with E-state index in [0.29, 0.717) is 153 Å². The topological polar surface area (TPSA) is 107 Å². The van der Waals surface area contributed by atoms with E-state index < -0.39 is 243 Å². The van der Waals surface area contributed by atoms with E-state index in [2.05, 4.69) is 23.3 Å². The van der Waals surface area contributed by atoms with Gasteiger partial charge in [0, 0.05) is 0 Å². The molecular formula is C87H96F24O9. The second-order valence-electron chi connectivity index (χ2n) is 30.3. The van der Waals surface area contributed by atoms with Gasteiger partial charge in [0.15, 0.2) is 87.1 Å². The van der Waals surface area contributed by atoms with Gasteiger partial charge in [0.25, 0.3) is 0 Å². The molecule has 6 aromatic rings. The third kappa shape index (κ3) is 23.4. The Balaban J connectivity index is 0.000000248. The number of hydrogen-bond donors (Lipinski definition) is 0. The minimum atomic E-state index is -2.40. The summed E-state index contributed by atoms with van der Waals surface area (Å²) in [5, 5.41) is 0. The van der Waals surface area contributed by atoms with E-state index in [9.17, 15) is 120 Å². The van der Waals surface area contributed by atoms with Gasteiger partial charge < -0.3 is 28.4 Å². The van der Waals surface area contributed by atoms with Gasteiger partial charge in [0.2, 0.25) is 87.1 Å². The van der Waals surface area contributed by atoms with Gasteiger partial charge in [-0.15, -0.1) is 0 Å². The van der Waals surface area contributed by atoms with Crippen molar-refractivity contribution in [2.75, 3.05) is 19.8 Å². The van der Waals surface area contributed by atoms with Crippen molar-refractivity contribution in [2.45, 2.75) is 253 Å². The van der Waals surface area contributed by atoms with Crippen LogP contribution in [0.5, 0.6) is 34.5 Å². The Morgan fingerprint density at radius 1 is 0.208 bits per heavy atom.